The molecular weight excluding hydrogens is 258 g/mol. The lowest BCUT2D eigenvalue weighted by molar-refractivity contribution is 0.262. The van der Waals surface area contributed by atoms with Crippen LogP contribution in [0.25, 0.3) is 0 Å². The first-order valence-electron chi connectivity index (χ1n) is 7.69. The van der Waals surface area contributed by atoms with Crippen LogP contribution < -0.4 is 10.6 Å². The minimum absolute atomic E-state index is 0.246. The van der Waals surface area contributed by atoms with Gasteiger partial charge in [0.05, 0.1) is 5.69 Å². The second-order valence-electron chi connectivity index (χ2n) is 6.03. The Kier molecular flexibility index (Phi) is 4.20. The maximum absolute atomic E-state index is 13.8. The van der Waals surface area contributed by atoms with E-state index in [-0.39, 0.29) is 17.7 Å². The summed E-state index contributed by atoms with van der Waals surface area (Å²) in [5.74, 6) is -0.232. The van der Waals surface area contributed by atoms with Gasteiger partial charge in [-0.3, -0.25) is 0 Å². The lowest BCUT2D eigenvalue weighted by Crippen LogP contribution is -2.43. The van der Waals surface area contributed by atoms with Crippen LogP contribution in [0.1, 0.15) is 38.5 Å². The Labute approximate surface area is 118 Å². The van der Waals surface area contributed by atoms with Gasteiger partial charge in [0.15, 0.2) is 0 Å². The van der Waals surface area contributed by atoms with Gasteiger partial charge < -0.3 is 10.6 Å². The van der Waals surface area contributed by atoms with Gasteiger partial charge in [-0.15, -0.1) is 0 Å². The average Bonchev–Trinajstić information content (AvgIpc) is 2.97. The maximum Gasteiger partial charge on any atom is 0.146 e. The molecule has 3 atom stereocenters. The Balaban J connectivity index is 1.74. The van der Waals surface area contributed by atoms with Gasteiger partial charge in [0.25, 0.3) is 0 Å². The Bertz CT molecular complexity index is 458. The van der Waals surface area contributed by atoms with Crippen molar-refractivity contribution in [3.63, 3.8) is 0 Å². The molecule has 2 nitrogen and oxygen atoms in total. The van der Waals surface area contributed by atoms with Gasteiger partial charge in [0.2, 0.25) is 0 Å². The number of rotatable bonds is 3. The van der Waals surface area contributed by atoms with Crippen molar-refractivity contribution in [1.82, 2.24) is 5.32 Å². The summed E-state index contributed by atoms with van der Waals surface area (Å²) in [4.78, 5) is 0. The molecule has 1 saturated heterocycles. The molecule has 3 rings (SSSR count). The molecule has 3 unspecified atom stereocenters. The summed E-state index contributed by atoms with van der Waals surface area (Å²) in [5.41, 5.74) is 0.305. The normalized spacial score (nSPS) is 30.4. The lowest BCUT2D eigenvalue weighted by atomic mass is 9.79. The van der Waals surface area contributed by atoms with E-state index in [0.29, 0.717) is 17.6 Å². The summed E-state index contributed by atoms with van der Waals surface area (Å²) in [6, 6.07) is 4.41. The van der Waals surface area contributed by atoms with Crippen LogP contribution in [-0.2, 0) is 0 Å². The number of hydrogen-bond donors (Lipinski definition) is 2. The average molecular weight is 280 g/mol. The molecule has 2 aliphatic rings. The van der Waals surface area contributed by atoms with Gasteiger partial charge in [-0.2, -0.15) is 0 Å². The molecule has 0 amide bonds. The summed E-state index contributed by atoms with van der Waals surface area (Å²) in [6.07, 6.45) is 7.05. The Morgan fingerprint density at radius 3 is 2.70 bits per heavy atom. The van der Waals surface area contributed by atoms with E-state index in [1.807, 2.05) is 0 Å². The van der Waals surface area contributed by atoms with Crippen molar-refractivity contribution in [3.8, 4) is 0 Å². The van der Waals surface area contributed by atoms with Gasteiger partial charge in [-0.05, 0) is 56.3 Å². The van der Waals surface area contributed by atoms with Crippen molar-refractivity contribution in [3.05, 3.63) is 29.8 Å². The van der Waals surface area contributed by atoms with E-state index in [1.54, 1.807) is 0 Å². The zero-order valence-electron chi connectivity index (χ0n) is 11.7. The van der Waals surface area contributed by atoms with Crippen LogP contribution in [0.4, 0.5) is 14.5 Å². The highest BCUT2D eigenvalue weighted by molar-refractivity contribution is 5.46. The Morgan fingerprint density at radius 2 is 1.90 bits per heavy atom. The molecule has 1 saturated carbocycles. The van der Waals surface area contributed by atoms with Crippen molar-refractivity contribution in [1.29, 1.82) is 0 Å². The summed E-state index contributed by atoms with van der Waals surface area (Å²) >= 11 is 0. The molecule has 1 aliphatic heterocycles. The zero-order chi connectivity index (χ0) is 13.9. The predicted molar refractivity (Wildman–Crippen MR) is 76.8 cm³/mol. The van der Waals surface area contributed by atoms with Crippen LogP contribution in [0.3, 0.4) is 0 Å². The van der Waals surface area contributed by atoms with E-state index < -0.39 is 0 Å². The second-order valence-corrected chi connectivity index (χ2v) is 6.03. The minimum atomic E-state index is -0.389. The van der Waals surface area contributed by atoms with Crippen molar-refractivity contribution in [2.45, 2.75) is 50.6 Å². The van der Waals surface area contributed by atoms with Gasteiger partial charge in [-0.1, -0.05) is 12.8 Å². The van der Waals surface area contributed by atoms with Gasteiger partial charge in [0.1, 0.15) is 11.6 Å². The van der Waals surface area contributed by atoms with Crippen molar-refractivity contribution in [2.75, 3.05) is 11.9 Å². The van der Waals surface area contributed by atoms with E-state index in [0.717, 1.165) is 25.5 Å². The van der Waals surface area contributed by atoms with Crippen molar-refractivity contribution >= 4 is 5.69 Å². The monoisotopic (exact) mass is 280 g/mol. The van der Waals surface area contributed by atoms with Crippen LogP contribution in [0.15, 0.2) is 18.2 Å². The lowest BCUT2D eigenvalue weighted by Gasteiger charge is -2.36. The summed E-state index contributed by atoms with van der Waals surface area (Å²) in [5, 5.41) is 6.82. The highest BCUT2D eigenvalue weighted by Crippen LogP contribution is 2.33. The highest BCUT2D eigenvalue weighted by atomic mass is 19.1. The Morgan fingerprint density at radius 1 is 1.05 bits per heavy atom. The molecule has 1 aromatic rings. The van der Waals surface area contributed by atoms with Crippen molar-refractivity contribution < 1.29 is 8.78 Å². The third kappa shape index (κ3) is 2.95. The number of nitrogens with one attached hydrogen (secondary N) is 2. The fourth-order valence-electron chi connectivity index (χ4n) is 3.71. The number of halogens is 2. The molecule has 4 heteroatoms. The van der Waals surface area contributed by atoms with E-state index in [2.05, 4.69) is 10.6 Å². The van der Waals surface area contributed by atoms with Crippen LogP contribution in [0.5, 0.6) is 0 Å². The fraction of sp³-hybridized carbons (Fsp3) is 0.625. The molecule has 20 heavy (non-hydrogen) atoms. The molecule has 0 spiro atoms. The molecular formula is C16H22F2N2. The van der Waals surface area contributed by atoms with E-state index >= 15 is 0 Å². The summed E-state index contributed by atoms with van der Waals surface area (Å²) in [7, 11) is 0. The molecule has 0 bridgehead atoms. The molecule has 0 radical (unpaired) electrons. The van der Waals surface area contributed by atoms with Crippen LogP contribution in [0.2, 0.25) is 0 Å². The quantitative estimate of drug-likeness (QED) is 0.882. The largest absolute Gasteiger partial charge is 0.380 e. The highest BCUT2D eigenvalue weighted by Gasteiger charge is 2.33. The van der Waals surface area contributed by atoms with Crippen LogP contribution in [0, 0.1) is 17.6 Å². The summed E-state index contributed by atoms with van der Waals surface area (Å²) < 4.78 is 27.1. The first kappa shape index (κ1) is 13.8. The smallest absolute Gasteiger partial charge is 0.146 e. The number of benzene rings is 1. The first-order valence-corrected chi connectivity index (χ1v) is 7.69. The number of hydrogen-bond acceptors (Lipinski definition) is 2. The standard InChI is InChI=1S/C16H22F2N2/c17-11-7-8-13(18)16(10-11)20-15-5-2-1-4-12(15)14-6-3-9-19-14/h7-8,10,12,14-15,19-20H,1-6,9H2. The third-order valence-electron chi connectivity index (χ3n) is 4.70. The van der Waals surface area contributed by atoms with E-state index in [1.165, 1.54) is 37.8 Å². The molecule has 2 fully saturated rings. The molecule has 1 aromatic carbocycles. The van der Waals surface area contributed by atoms with Gasteiger partial charge in [-0.25, -0.2) is 8.78 Å². The fourth-order valence-corrected chi connectivity index (χ4v) is 3.71. The molecule has 0 aromatic heterocycles. The summed E-state index contributed by atoms with van der Waals surface area (Å²) in [6.45, 7) is 1.09. The maximum atomic E-state index is 13.8. The predicted octanol–water partition coefficient (Wildman–Crippen LogP) is 3.69. The minimum Gasteiger partial charge on any atom is -0.380 e. The zero-order valence-corrected chi connectivity index (χ0v) is 11.7. The van der Waals surface area contributed by atoms with Gasteiger partial charge in [0, 0.05) is 12.1 Å². The molecule has 1 heterocycles. The topological polar surface area (TPSA) is 24.1 Å². The van der Waals surface area contributed by atoms with E-state index in [4.69, 9.17) is 0 Å². The van der Waals surface area contributed by atoms with Gasteiger partial charge >= 0.3 is 0 Å². The number of anilines is 1. The molecule has 1 aliphatic carbocycles. The van der Waals surface area contributed by atoms with E-state index in [9.17, 15) is 8.78 Å². The second kappa shape index (κ2) is 6.08. The third-order valence-corrected chi connectivity index (χ3v) is 4.70. The molecule has 2 N–H and O–H groups in total. The van der Waals surface area contributed by atoms with Crippen LogP contribution >= 0.6 is 0 Å². The molecule has 110 valence electrons. The Hall–Kier alpha value is -1.16. The van der Waals surface area contributed by atoms with Crippen LogP contribution in [-0.4, -0.2) is 18.6 Å². The SMILES string of the molecule is Fc1ccc(F)c(NC2CCCCC2C2CCCN2)c1. The first-order chi connectivity index (χ1) is 9.74. The van der Waals surface area contributed by atoms with Crippen molar-refractivity contribution in [2.24, 2.45) is 5.92 Å².